The Morgan fingerprint density at radius 2 is 1.85 bits per heavy atom. The molecule has 0 saturated heterocycles. The SMILES string of the molecule is O=S(=O)(NCC1(O)CCCCC1)c1cc(F)ccc1F. The third-order valence-corrected chi connectivity index (χ3v) is 4.97. The fourth-order valence-electron chi connectivity index (χ4n) is 2.38. The van der Waals surface area contributed by atoms with Crippen molar-refractivity contribution in [3.63, 3.8) is 0 Å². The van der Waals surface area contributed by atoms with Crippen LogP contribution in [0.25, 0.3) is 0 Å². The van der Waals surface area contributed by atoms with Gasteiger partial charge in [0.05, 0.1) is 5.60 Å². The predicted octanol–water partition coefficient (Wildman–Crippen LogP) is 1.94. The monoisotopic (exact) mass is 305 g/mol. The average Bonchev–Trinajstić information content (AvgIpc) is 2.40. The second-order valence-electron chi connectivity index (χ2n) is 5.18. The van der Waals surface area contributed by atoms with Crippen LogP contribution in [-0.2, 0) is 10.0 Å². The molecule has 0 spiro atoms. The highest BCUT2D eigenvalue weighted by molar-refractivity contribution is 7.89. The Labute approximate surface area is 116 Å². The summed E-state index contributed by atoms with van der Waals surface area (Å²) in [6.45, 7) is -0.189. The van der Waals surface area contributed by atoms with Crippen molar-refractivity contribution in [3.05, 3.63) is 29.8 Å². The Kier molecular flexibility index (Phi) is 4.41. The maximum atomic E-state index is 13.5. The normalized spacial score (nSPS) is 18.9. The van der Waals surface area contributed by atoms with E-state index in [1.807, 2.05) is 0 Å². The van der Waals surface area contributed by atoms with Gasteiger partial charge in [0.15, 0.2) is 0 Å². The van der Waals surface area contributed by atoms with Gasteiger partial charge in [-0.05, 0) is 31.0 Å². The number of nitrogens with one attached hydrogen (secondary N) is 1. The van der Waals surface area contributed by atoms with Crippen LogP contribution in [0.5, 0.6) is 0 Å². The van der Waals surface area contributed by atoms with E-state index in [0.29, 0.717) is 18.9 Å². The molecule has 7 heteroatoms. The fourth-order valence-corrected chi connectivity index (χ4v) is 3.58. The molecule has 112 valence electrons. The van der Waals surface area contributed by atoms with Gasteiger partial charge in [-0.15, -0.1) is 0 Å². The number of aliphatic hydroxyl groups is 1. The van der Waals surface area contributed by atoms with Crippen LogP contribution in [0.3, 0.4) is 0 Å². The Morgan fingerprint density at radius 1 is 1.20 bits per heavy atom. The summed E-state index contributed by atoms with van der Waals surface area (Å²) in [7, 11) is -4.18. The molecular formula is C13H17F2NO3S. The quantitative estimate of drug-likeness (QED) is 0.893. The van der Waals surface area contributed by atoms with Gasteiger partial charge in [-0.2, -0.15) is 0 Å². The van der Waals surface area contributed by atoms with Crippen LogP contribution in [0.15, 0.2) is 23.1 Å². The summed E-state index contributed by atoms with van der Waals surface area (Å²) in [5.41, 5.74) is -1.10. The Hall–Kier alpha value is -1.05. The lowest BCUT2D eigenvalue weighted by atomic mass is 9.85. The zero-order valence-corrected chi connectivity index (χ0v) is 11.7. The molecule has 0 aromatic heterocycles. The van der Waals surface area contributed by atoms with Gasteiger partial charge in [-0.1, -0.05) is 19.3 Å². The summed E-state index contributed by atoms with van der Waals surface area (Å²) < 4.78 is 52.6. The van der Waals surface area contributed by atoms with Crippen molar-refractivity contribution in [2.24, 2.45) is 0 Å². The highest BCUT2D eigenvalue weighted by Crippen LogP contribution is 2.28. The number of rotatable bonds is 4. The van der Waals surface area contributed by atoms with Gasteiger partial charge in [-0.25, -0.2) is 21.9 Å². The van der Waals surface area contributed by atoms with E-state index in [4.69, 9.17) is 0 Å². The first-order valence-corrected chi connectivity index (χ1v) is 7.98. The molecule has 1 aromatic carbocycles. The average molecular weight is 305 g/mol. The van der Waals surface area contributed by atoms with E-state index in [-0.39, 0.29) is 6.54 Å². The van der Waals surface area contributed by atoms with E-state index in [9.17, 15) is 22.3 Å². The first-order valence-electron chi connectivity index (χ1n) is 6.50. The minimum absolute atomic E-state index is 0.189. The lowest BCUT2D eigenvalue weighted by molar-refractivity contribution is 0.00944. The zero-order chi connectivity index (χ0) is 14.8. The molecule has 0 amide bonds. The maximum absolute atomic E-state index is 13.5. The summed E-state index contributed by atoms with van der Waals surface area (Å²) in [5, 5.41) is 10.2. The van der Waals surface area contributed by atoms with Gasteiger partial charge in [0.25, 0.3) is 0 Å². The van der Waals surface area contributed by atoms with Crippen molar-refractivity contribution in [1.29, 1.82) is 0 Å². The minimum atomic E-state index is -4.18. The second-order valence-corrected chi connectivity index (χ2v) is 6.92. The molecule has 0 aliphatic heterocycles. The highest BCUT2D eigenvalue weighted by atomic mass is 32.2. The van der Waals surface area contributed by atoms with Crippen LogP contribution < -0.4 is 4.72 Å². The first kappa shape index (κ1) is 15.3. The number of halogens is 2. The number of sulfonamides is 1. The zero-order valence-electron chi connectivity index (χ0n) is 10.9. The van der Waals surface area contributed by atoms with Gasteiger partial charge >= 0.3 is 0 Å². The smallest absolute Gasteiger partial charge is 0.243 e. The molecule has 0 bridgehead atoms. The number of hydrogen-bond acceptors (Lipinski definition) is 3. The van der Waals surface area contributed by atoms with Crippen LogP contribution in [0.2, 0.25) is 0 Å². The van der Waals surface area contributed by atoms with E-state index >= 15 is 0 Å². The van der Waals surface area contributed by atoms with Crippen LogP contribution in [0, 0.1) is 11.6 Å². The summed E-state index contributed by atoms with van der Waals surface area (Å²) >= 11 is 0. The molecule has 0 radical (unpaired) electrons. The van der Waals surface area contributed by atoms with Gasteiger partial charge in [0.1, 0.15) is 16.5 Å². The van der Waals surface area contributed by atoms with Gasteiger partial charge in [0.2, 0.25) is 10.0 Å². The summed E-state index contributed by atoms with van der Waals surface area (Å²) in [6, 6.07) is 2.24. The molecule has 0 unspecified atom stereocenters. The molecule has 1 aliphatic carbocycles. The molecule has 1 aromatic rings. The summed E-state index contributed by atoms with van der Waals surface area (Å²) in [4.78, 5) is -0.739. The molecule has 1 saturated carbocycles. The molecule has 0 atom stereocenters. The third kappa shape index (κ3) is 3.53. The standard InChI is InChI=1S/C13H17F2NO3S/c14-10-4-5-11(15)12(8-10)20(18,19)16-9-13(17)6-2-1-3-7-13/h4-5,8,16-17H,1-3,6-7,9H2. The van der Waals surface area contributed by atoms with E-state index in [2.05, 4.69) is 4.72 Å². The Balaban J connectivity index is 2.13. The van der Waals surface area contributed by atoms with Crippen molar-refractivity contribution in [1.82, 2.24) is 4.72 Å². The summed E-state index contributed by atoms with van der Waals surface area (Å²) in [5.74, 6) is -1.85. The molecule has 0 heterocycles. The van der Waals surface area contributed by atoms with Gasteiger partial charge < -0.3 is 5.11 Å². The molecule has 2 N–H and O–H groups in total. The number of hydrogen-bond donors (Lipinski definition) is 2. The van der Waals surface area contributed by atoms with Crippen LogP contribution in [0.1, 0.15) is 32.1 Å². The minimum Gasteiger partial charge on any atom is -0.389 e. The topological polar surface area (TPSA) is 66.4 Å². The first-order chi connectivity index (χ1) is 9.32. The predicted molar refractivity (Wildman–Crippen MR) is 69.6 cm³/mol. The molecule has 1 aliphatic rings. The van der Waals surface area contributed by atoms with Crippen LogP contribution >= 0.6 is 0 Å². The summed E-state index contributed by atoms with van der Waals surface area (Å²) in [6.07, 6.45) is 3.66. The fraction of sp³-hybridized carbons (Fsp3) is 0.538. The van der Waals surface area contributed by atoms with Crippen molar-refractivity contribution in [3.8, 4) is 0 Å². The van der Waals surface area contributed by atoms with Gasteiger partial charge in [-0.3, -0.25) is 0 Å². The molecular weight excluding hydrogens is 288 g/mol. The van der Waals surface area contributed by atoms with Crippen molar-refractivity contribution in [2.75, 3.05) is 6.54 Å². The van der Waals surface area contributed by atoms with Crippen molar-refractivity contribution >= 4 is 10.0 Å². The second kappa shape index (κ2) is 5.75. The maximum Gasteiger partial charge on any atom is 0.243 e. The lowest BCUT2D eigenvalue weighted by Crippen LogP contribution is -2.44. The van der Waals surface area contributed by atoms with E-state index in [1.54, 1.807) is 0 Å². The van der Waals surface area contributed by atoms with Crippen molar-refractivity contribution < 1.29 is 22.3 Å². The Morgan fingerprint density at radius 3 is 2.50 bits per heavy atom. The third-order valence-electron chi connectivity index (χ3n) is 3.56. The van der Waals surface area contributed by atoms with Crippen LogP contribution in [0.4, 0.5) is 8.78 Å². The number of benzene rings is 1. The molecule has 2 rings (SSSR count). The lowest BCUT2D eigenvalue weighted by Gasteiger charge is -2.32. The highest BCUT2D eigenvalue weighted by Gasteiger charge is 2.31. The van der Waals surface area contributed by atoms with Gasteiger partial charge in [0, 0.05) is 6.54 Å². The van der Waals surface area contributed by atoms with Crippen LogP contribution in [-0.4, -0.2) is 25.7 Å². The van der Waals surface area contributed by atoms with E-state index < -0.39 is 32.2 Å². The largest absolute Gasteiger partial charge is 0.389 e. The Bertz CT molecular complexity index is 583. The van der Waals surface area contributed by atoms with E-state index in [1.165, 1.54) is 0 Å². The van der Waals surface area contributed by atoms with Crippen molar-refractivity contribution in [2.45, 2.75) is 42.6 Å². The molecule has 1 fully saturated rings. The molecule has 4 nitrogen and oxygen atoms in total. The molecule has 20 heavy (non-hydrogen) atoms. The van der Waals surface area contributed by atoms with E-state index in [0.717, 1.165) is 31.4 Å².